The van der Waals surface area contributed by atoms with Crippen molar-refractivity contribution in [1.82, 2.24) is 9.55 Å². The van der Waals surface area contributed by atoms with E-state index < -0.39 is 23.2 Å². The van der Waals surface area contributed by atoms with Gasteiger partial charge < -0.3 is 4.57 Å². The van der Waals surface area contributed by atoms with Crippen LogP contribution >= 0.6 is 23.5 Å². The van der Waals surface area contributed by atoms with E-state index in [0.717, 1.165) is 12.1 Å². The fraction of sp³-hybridized carbons (Fsp3) is 0.227. The number of pyridine rings is 2. The molecule has 0 spiro atoms. The maximum absolute atomic E-state index is 12.8. The average molecular weight is 518 g/mol. The Morgan fingerprint density at radius 1 is 1.03 bits per heavy atom. The molecule has 3 aromatic rings. The molecular weight excluding hydrogens is 500 g/mol. The maximum atomic E-state index is 12.8. The first kappa shape index (κ1) is 25.9. The predicted octanol–water partition coefficient (Wildman–Crippen LogP) is 6.57. The highest BCUT2D eigenvalue weighted by molar-refractivity contribution is 8.00. The van der Waals surface area contributed by atoms with E-state index in [2.05, 4.69) is 9.98 Å². The zero-order valence-corrected chi connectivity index (χ0v) is 19.4. The van der Waals surface area contributed by atoms with Gasteiger partial charge in [0.05, 0.1) is 5.56 Å². The van der Waals surface area contributed by atoms with Crippen molar-refractivity contribution in [3.05, 3.63) is 71.6 Å². The minimum atomic E-state index is -4.45. The van der Waals surface area contributed by atoms with Crippen LogP contribution in [0.4, 0.5) is 26.3 Å². The number of carbonyl (C=O) groups excluding carboxylic acids is 1. The molecule has 0 bridgehead atoms. The second-order valence-corrected chi connectivity index (χ2v) is 9.32. The molecule has 0 saturated carbocycles. The SMILES string of the molecule is CCSc1cc(-c2ccc(C(F)(F)F)cc2)cnc1C(=O)N=c1ccc(SC(F)(F)F)cn1C. The van der Waals surface area contributed by atoms with Gasteiger partial charge in [-0.2, -0.15) is 31.3 Å². The molecule has 180 valence electrons. The first-order valence-corrected chi connectivity index (χ1v) is 11.5. The van der Waals surface area contributed by atoms with E-state index in [0.29, 0.717) is 21.8 Å². The molecule has 4 nitrogen and oxygen atoms in total. The van der Waals surface area contributed by atoms with E-state index in [1.54, 1.807) is 6.07 Å². The van der Waals surface area contributed by atoms with Crippen LogP contribution in [0.1, 0.15) is 23.0 Å². The molecule has 0 fully saturated rings. The van der Waals surface area contributed by atoms with Crippen molar-refractivity contribution in [2.45, 2.75) is 28.4 Å². The highest BCUT2D eigenvalue weighted by Crippen LogP contribution is 2.36. The first-order valence-electron chi connectivity index (χ1n) is 9.69. The lowest BCUT2D eigenvalue weighted by Crippen LogP contribution is -2.20. The lowest BCUT2D eigenvalue weighted by Gasteiger charge is -2.10. The maximum Gasteiger partial charge on any atom is 0.446 e. The van der Waals surface area contributed by atoms with Crippen LogP contribution in [0.3, 0.4) is 0 Å². The van der Waals surface area contributed by atoms with Gasteiger partial charge >= 0.3 is 11.7 Å². The Labute approximate surface area is 199 Å². The Hall–Kier alpha value is -2.73. The zero-order chi connectivity index (χ0) is 25.1. The molecule has 0 atom stereocenters. The monoisotopic (exact) mass is 517 g/mol. The fourth-order valence-electron chi connectivity index (χ4n) is 2.92. The van der Waals surface area contributed by atoms with Crippen LogP contribution in [0.5, 0.6) is 0 Å². The second kappa shape index (κ2) is 10.3. The van der Waals surface area contributed by atoms with Crippen molar-refractivity contribution in [3.8, 4) is 11.1 Å². The molecule has 12 heteroatoms. The van der Waals surface area contributed by atoms with Gasteiger partial charge in [-0.15, -0.1) is 11.8 Å². The standard InChI is InChI=1S/C22H17F6N3OS2/c1-3-33-17-10-14(13-4-6-15(7-5-13)21(23,24)25)11-29-19(17)20(32)30-18-9-8-16(12-31(18)2)34-22(26,27)28/h4-12H,3H2,1-2H3. The summed E-state index contributed by atoms with van der Waals surface area (Å²) in [5.41, 5.74) is -4.01. The minimum Gasteiger partial charge on any atom is -0.335 e. The molecule has 2 aromatic heterocycles. The molecule has 3 rings (SSSR count). The number of hydrogen-bond donors (Lipinski definition) is 0. The molecule has 1 aromatic carbocycles. The molecule has 0 aliphatic heterocycles. The number of aryl methyl sites for hydroxylation is 1. The summed E-state index contributed by atoms with van der Waals surface area (Å²) in [6.07, 6.45) is -1.86. The summed E-state index contributed by atoms with van der Waals surface area (Å²) in [6, 6.07) is 8.76. The van der Waals surface area contributed by atoms with Crippen molar-refractivity contribution >= 4 is 29.4 Å². The first-order chi connectivity index (χ1) is 15.9. The number of rotatable bonds is 5. The van der Waals surface area contributed by atoms with Crippen LogP contribution < -0.4 is 5.49 Å². The third-order valence-corrected chi connectivity index (χ3v) is 6.05. The zero-order valence-electron chi connectivity index (χ0n) is 17.7. The van der Waals surface area contributed by atoms with Gasteiger partial charge in [0.2, 0.25) is 0 Å². The topological polar surface area (TPSA) is 47.2 Å². The molecule has 0 saturated heterocycles. The summed E-state index contributed by atoms with van der Waals surface area (Å²) in [5, 5.41) is 0. The van der Waals surface area contributed by atoms with E-state index in [1.165, 1.54) is 60.0 Å². The Morgan fingerprint density at radius 2 is 1.71 bits per heavy atom. The van der Waals surface area contributed by atoms with E-state index in [9.17, 15) is 31.1 Å². The number of nitrogens with zero attached hydrogens (tertiary/aromatic N) is 3. The van der Waals surface area contributed by atoms with Crippen LogP contribution in [-0.4, -0.2) is 26.7 Å². The van der Waals surface area contributed by atoms with Crippen LogP contribution in [0.25, 0.3) is 11.1 Å². The van der Waals surface area contributed by atoms with Gasteiger partial charge in [0.25, 0.3) is 5.91 Å². The molecule has 2 heterocycles. The van der Waals surface area contributed by atoms with Crippen molar-refractivity contribution in [1.29, 1.82) is 0 Å². The normalized spacial score (nSPS) is 12.8. The lowest BCUT2D eigenvalue weighted by molar-refractivity contribution is -0.137. The molecule has 0 unspecified atom stereocenters. The van der Waals surface area contributed by atoms with E-state index in [1.807, 2.05) is 6.92 Å². The summed E-state index contributed by atoms with van der Waals surface area (Å²) in [7, 11) is 1.47. The largest absolute Gasteiger partial charge is 0.446 e. The number of hydrogen-bond acceptors (Lipinski definition) is 4. The third-order valence-electron chi connectivity index (χ3n) is 4.43. The van der Waals surface area contributed by atoms with Crippen LogP contribution in [0.15, 0.2) is 69.6 Å². The number of alkyl halides is 6. The van der Waals surface area contributed by atoms with E-state index in [4.69, 9.17) is 0 Å². The molecule has 34 heavy (non-hydrogen) atoms. The highest BCUT2D eigenvalue weighted by atomic mass is 32.2. The molecule has 1 amide bonds. The molecule has 0 aliphatic carbocycles. The molecule has 0 N–H and O–H groups in total. The highest BCUT2D eigenvalue weighted by Gasteiger charge is 2.30. The lowest BCUT2D eigenvalue weighted by atomic mass is 10.1. The molecular formula is C22H17F6N3OS2. The Kier molecular flexibility index (Phi) is 7.81. The van der Waals surface area contributed by atoms with Crippen LogP contribution in [-0.2, 0) is 13.2 Å². The number of thioether (sulfide) groups is 2. The smallest absolute Gasteiger partial charge is 0.335 e. The number of carbonyl (C=O) groups is 1. The van der Waals surface area contributed by atoms with Crippen molar-refractivity contribution in [2.24, 2.45) is 12.0 Å². The molecule has 0 aliphatic rings. The fourth-order valence-corrected chi connectivity index (χ4v) is 4.33. The van der Waals surface area contributed by atoms with Crippen molar-refractivity contribution in [3.63, 3.8) is 0 Å². The summed E-state index contributed by atoms with van der Waals surface area (Å²) in [6.45, 7) is 1.86. The van der Waals surface area contributed by atoms with Crippen LogP contribution in [0.2, 0.25) is 0 Å². The predicted molar refractivity (Wildman–Crippen MR) is 118 cm³/mol. The third kappa shape index (κ3) is 6.66. The van der Waals surface area contributed by atoms with Gasteiger partial charge in [-0.1, -0.05) is 19.1 Å². The summed E-state index contributed by atoms with van der Waals surface area (Å²) >= 11 is 1.04. The Balaban J connectivity index is 1.93. The van der Waals surface area contributed by atoms with Gasteiger partial charge in [0.1, 0.15) is 11.2 Å². The Bertz CT molecular complexity index is 1250. The van der Waals surface area contributed by atoms with Gasteiger partial charge in [0, 0.05) is 34.8 Å². The van der Waals surface area contributed by atoms with Crippen molar-refractivity contribution < 1.29 is 31.1 Å². The van der Waals surface area contributed by atoms with Gasteiger partial charge in [-0.25, -0.2) is 4.98 Å². The van der Waals surface area contributed by atoms with Gasteiger partial charge in [0.15, 0.2) is 0 Å². The minimum absolute atomic E-state index is 0.0382. The number of aromatic nitrogens is 2. The number of amides is 1. The van der Waals surface area contributed by atoms with Gasteiger partial charge in [-0.3, -0.25) is 4.79 Å². The summed E-state index contributed by atoms with van der Waals surface area (Å²) in [5.74, 6) is -0.100. The number of benzene rings is 1. The Morgan fingerprint density at radius 3 is 2.26 bits per heavy atom. The summed E-state index contributed by atoms with van der Waals surface area (Å²) < 4.78 is 77.4. The summed E-state index contributed by atoms with van der Waals surface area (Å²) in [4.78, 5) is 21.4. The van der Waals surface area contributed by atoms with Crippen LogP contribution in [0, 0.1) is 0 Å². The molecule has 0 radical (unpaired) electrons. The van der Waals surface area contributed by atoms with E-state index >= 15 is 0 Å². The van der Waals surface area contributed by atoms with E-state index in [-0.39, 0.29) is 27.8 Å². The van der Waals surface area contributed by atoms with Crippen molar-refractivity contribution in [2.75, 3.05) is 5.75 Å². The number of halogens is 6. The average Bonchev–Trinajstić information content (AvgIpc) is 2.74. The second-order valence-electron chi connectivity index (χ2n) is 6.88. The quantitative estimate of drug-likeness (QED) is 0.284. The van der Waals surface area contributed by atoms with Gasteiger partial charge in [-0.05, 0) is 53.4 Å².